The molecule has 0 aliphatic heterocycles. The summed E-state index contributed by atoms with van der Waals surface area (Å²) in [6, 6.07) is 3.88. The van der Waals surface area contributed by atoms with E-state index in [4.69, 9.17) is 4.74 Å². The number of hydrogen-bond acceptors (Lipinski definition) is 5. The maximum Gasteiger partial charge on any atom is 0.416 e. The number of benzene rings is 1. The van der Waals surface area contributed by atoms with Crippen molar-refractivity contribution in [3.8, 4) is 0 Å². The van der Waals surface area contributed by atoms with Gasteiger partial charge in [-0.15, -0.1) is 0 Å². The molecule has 0 aliphatic rings. The van der Waals surface area contributed by atoms with Gasteiger partial charge in [0.05, 0.1) is 12.0 Å². The molecule has 1 heterocycles. The van der Waals surface area contributed by atoms with Crippen molar-refractivity contribution in [2.75, 3.05) is 11.9 Å². The number of halogens is 3. The van der Waals surface area contributed by atoms with Crippen LogP contribution < -0.4 is 10.2 Å². The summed E-state index contributed by atoms with van der Waals surface area (Å²) in [5.74, 6) is -1.34. The average molecular weight is 388 g/mol. The molecule has 1 N–H and O–H groups in total. The Bertz CT molecular complexity index is 840. The predicted molar refractivity (Wildman–Crippen MR) is 89.0 cm³/mol. The largest absolute Gasteiger partial charge is 0.456 e. The Morgan fingerprint density at radius 2 is 1.88 bits per heavy atom. The third-order valence-corrected chi connectivity index (χ3v) is 4.26. The van der Waals surface area contributed by atoms with Crippen LogP contribution in [0.3, 0.4) is 0 Å². The lowest BCUT2D eigenvalue weighted by molar-refractivity contribution is -0.147. The summed E-state index contributed by atoms with van der Waals surface area (Å²) >= 11 is 1.03. The Balaban J connectivity index is 1.77. The fourth-order valence-corrected chi connectivity index (χ4v) is 2.80. The average Bonchev–Trinajstić information content (AvgIpc) is 2.89. The fourth-order valence-electron chi connectivity index (χ4n) is 2.04. The summed E-state index contributed by atoms with van der Waals surface area (Å²) in [7, 11) is 0. The van der Waals surface area contributed by atoms with Crippen molar-refractivity contribution in [2.24, 2.45) is 0 Å². The minimum absolute atomic E-state index is 0.0783. The third-order valence-electron chi connectivity index (χ3n) is 3.38. The number of alkyl halides is 3. The van der Waals surface area contributed by atoms with Crippen LogP contribution in [0, 0.1) is 6.92 Å². The number of nitrogens with one attached hydrogen (secondary N) is 1. The van der Waals surface area contributed by atoms with Crippen LogP contribution in [0.2, 0.25) is 0 Å². The molecule has 0 fully saturated rings. The van der Waals surface area contributed by atoms with Crippen LogP contribution in [0.15, 0.2) is 34.4 Å². The van der Waals surface area contributed by atoms with E-state index in [2.05, 4.69) is 5.32 Å². The van der Waals surface area contributed by atoms with Gasteiger partial charge in [-0.05, 0) is 31.2 Å². The highest BCUT2D eigenvalue weighted by molar-refractivity contribution is 7.07. The standard InChI is InChI=1S/C16H15F3N2O4S/c1-10-9-26-15(24)21(10)7-6-14(23)25-8-13(22)20-12-4-2-11(3-5-12)16(17,18)19/h2-5,9H,6-8H2,1H3,(H,20,22). The lowest BCUT2D eigenvalue weighted by Crippen LogP contribution is -2.22. The molecule has 6 nitrogen and oxygen atoms in total. The van der Waals surface area contributed by atoms with Crippen LogP contribution >= 0.6 is 11.3 Å². The highest BCUT2D eigenvalue weighted by atomic mass is 32.1. The number of thiazole rings is 1. The van der Waals surface area contributed by atoms with Gasteiger partial charge in [0.1, 0.15) is 0 Å². The quantitative estimate of drug-likeness (QED) is 0.772. The molecule has 0 unspecified atom stereocenters. The highest BCUT2D eigenvalue weighted by Crippen LogP contribution is 2.29. The number of rotatable bonds is 6. The number of ether oxygens (including phenoxy) is 1. The zero-order valence-electron chi connectivity index (χ0n) is 13.6. The molecule has 140 valence electrons. The van der Waals surface area contributed by atoms with Gasteiger partial charge in [-0.2, -0.15) is 13.2 Å². The number of amides is 1. The molecule has 0 saturated heterocycles. The Kier molecular flexibility index (Phi) is 6.19. The molecule has 1 aromatic heterocycles. The minimum atomic E-state index is -4.46. The van der Waals surface area contributed by atoms with E-state index in [1.54, 1.807) is 12.3 Å². The second-order valence-corrected chi connectivity index (χ2v) is 6.15. The summed E-state index contributed by atoms with van der Waals surface area (Å²) in [4.78, 5) is 34.6. The van der Waals surface area contributed by atoms with E-state index >= 15 is 0 Å². The van der Waals surface area contributed by atoms with Crippen LogP contribution in [0.1, 0.15) is 17.7 Å². The zero-order valence-corrected chi connectivity index (χ0v) is 14.4. The Morgan fingerprint density at radius 3 is 2.42 bits per heavy atom. The molecule has 0 bridgehead atoms. The van der Waals surface area contributed by atoms with Gasteiger partial charge >= 0.3 is 17.0 Å². The first-order valence-corrected chi connectivity index (χ1v) is 8.32. The summed E-state index contributed by atoms with van der Waals surface area (Å²) in [5.41, 5.74) is 0.0493. The number of carbonyl (C=O) groups excluding carboxylic acids is 2. The van der Waals surface area contributed by atoms with Crippen LogP contribution in [-0.2, 0) is 27.0 Å². The van der Waals surface area contributed by atoms with Crippen LogP contribution in [0.4, 0.5) is 18.9 Å². The summed E-state index contributed by atoms with van der Waals surface area (Å²) < 4.78 is 43.6. The Morgan fingerprint density at radius 1 is 1.23 bits per heavy atom. The molecule has 1 aromatic carbocycles. The number of carbonyl (C=O) groups is 2. The third kappa shape index (κ3) is 5.45. The van der Waals surface area contributed by atoms with Gasteiger partial charge in [0.25, 0.3) is 5.91 Å². The monoisotopic (exact) mass is 388 g/mol. The molecule has 0 aliphatic carbocycles. The summed E-state index contributed by atoms with van der Waals surface area (Å²) in [6.07, 6.45) is -4.54. The van der Waals surface area contributed by atoms with E-state index in [0.717, 1.165) is 41.3 Å². The van der Waals surface area contributed by atoms with Gasteiger partial charge in [0.15, 0.2) is 6.61 Å². The second kappa shape index (κ2) is 8.17. The number of aryl methyl sites for hydroxylation is 1. The van der Waals surface area contributed by atoms with Gasteiger partial charge in [0, 0.05) is 23.3 Å². The normalized spacial score (nSPS) is 11.2. The Hall–Kier alpha value is -2.62. The van der Waals surface area contributed by atoms with E-state index in [-0.39, 0.29) is 23.5 Å². The molecule has 2 rings (SSSR count). The number of anilines is 1. The van der Waals surface area contributed by atoms with Crippen molar-refractivity contribution in [3.63, 3.8) is 0 Å². The minimum Gasteiger partial charge on any atom is -0.456 e. The fraction of sp³-hybridized carbons (Fsp3) is 0.312. The SMILES string of the molecule is Cc1csc(=O)n1CCC(=O)OCC(=O)Nc1ccc(C(F)(F)F)cc1. The number of nitrogens with zero attached hydrogens (tertiary/aromatic N) is 1. The van der Waals surface area contributed by atoms with E-state index in [0.29, 0.717) is 0 Å². The van der Waals surface area contributed by atoms with Crippen molar-refractivity contribution < 1.29 is 27.5 Å². The maximum absolute atomic E-state index is 12.5. The second-order valence-electron chi connectivity index (χ2n) is 5.33. The molecular formula is C16H15F3N2O4S. The number of esters is 1. The topological polar surface area (TPSA) is 77.4 Å². The van der Waals surface area contributed by atoms with E-state index in [1.807, 2.05) is 0 Å². The summed E-state index contributed by atoms with van der Waals surface area (Å²) in [6.45, 7) is 1.31. The lowest BCUT2D eigenvalue weighted by Gasteiger charge is -2.09. The smallest absolute Gasteiger partial charge is 0.416 e. The first kappa shape index (κ1) is 19.7. The van der Waals surface area contributed by atoms with Crippen LogP contribution in [0.25, 0.3) is 0 Å². The number of hydrogen-bond donors (Lipinski definition) is 1. The summed E-state index contributed by atoms with van der Waals surface area (Å²) in [5, 5.41) is 4.00. The molecule has 0 saturated carbocycles. The van der Waals surface area contributed by atoms with Gasteiger partial charge < -0.3 is 14.6 Å². The molecule has 0 radical (unpaired) electrons. The van der Waals surface area contributed by atoms with Gasteiger partial charge in [-0.3, -0.25) is 14.4 Å². The van der Waals surface area contributed by atoms with E-state index < -0.39 is 30.2 Å². The van der Waals surface area contributed by atoms with Crippen molar-refractivity contribution in [2.45, 2.75) is 26.1 Å². The van der Waals surface area contributed by atoms with Crippen molar-refractivity contribution in [3.05, 3.63) is 50.6 Å². The molecule has 1 amide bonds. The van der Waals surface area contributed by atoms with Crippen LogP contribution in [0.5, 0.6) is 0 Å². The van der Waals surface area contributed by atoms with Gasteiger partial charge in [-0.25, -0.2) is 0 Å². The molecule has 0 atom stereocenters. The van der Waals surface area contributed by atoms with Crippen molar-refractivity contribution in [1.82, 2.24) is 4.57 Å². The van der Waals surface area contributed by atoms with Crippen LogP contribution in [-0.4, -0.2) is 23.1 Å². The maximum atomic E-state index is 12.5. The highest BCUT2D eigenvalue weighted by Gasteiger charge is 2.29. The van der Waals surface area contributed by atoms with Gasteiger partial charge in [0.2, 0.25) is 0 Å². The molecule has 2 aromatic rings. The van der Waals surface area contributed by atoms with Crippen molar-refractivity contribution >= 4 is 28.9 Å². The van der Waals surface area contributed by atoms with Crippen molar-refractivity contribution in [1.29, 1.82) is 0 Å². The first-order chi connectivity index (χ1) is 12.2. The molecule has 0 spiro atoms. The van der Waals surface area contributed by atoms with Gasteiger partial charge in [-0.1, -0.05) is 11.3 Å². The van der Waals surface area contributed by atoms with E-state index in [1.165, 1.54) is 4.57 Å². The zero-order chi connectivity index (χ0) is 19.3. The predicted octanol–water partition coefficient (Wildman–Crippen LogP) is 2.81. The molecular weight excluding hydrogens is 373 g/mol. The lowest BCUT2D eigenvalue weighted by atomic mass is 10.2. The molecule has 10 heteroatoms. The Labute approximate surface area is 150 Å². The molecule has 26 heavy (non-hydrogen) atoms. The first-order valence-electron chi connectivity index (χ1n) is 7.44. The van der Waals surface area contributed by atoms with E-state index in [9.17, 15) is 27.6 Å². The number of aromatic nitrogens is 1.